The summed E-state index contributed by atoms with van der Waals surface area (Å²) in [7, 11) is 0. The number of nitrogens with zero attached hydrogens (tertiary/aromatic N) is 2. The Bertz CT molecular complexity index is 649. The second-order valence-electron chi connectivity index (χ2n) is 4.17. The summed E-state index contributed by atoms with van der Waals surface area (Å²) in [6, 6.07) is 6.91. The zero-order chi connectivity index (χ0) is 14.1. The second kappa shape index (κ2) is 5.26. The highest BCUT2D eigenvalue weighted by molar-refractivity contribution is 8.01. The number of rotatable bonds is 4. The smallest absolute Gasteiger partial charge is 0.261 e. The van der Waals surface area contributed by atoms with Gasteiger partial charge in [0.25, 0.3) is 11.8 Å². The summed E-state index contributed by atoms with van der Waals surface area (Å²) in [5.74, 6) is 0.206. The maximum Gasteiger partial charge on any atom is 0.261 e. The van der Waals surface area contributed by atoms with Crippen molar-refractivity contribution in [3.05, 3.63) is 41.6 Å². The fourth-order valence-electron chi connectivity index (χ4n) is 2.02. The quantitative estimate of drug-likeness (QED) is 0.691. The molecule has 102 valence electrons. The van der Waals surface area contributed by atoms with E-state index in [1.54, 1.807) is 42.2 Å². The Morgan fingerprint density at radius 3 is 2.40 bits per heavy atom. The van der Waals surface area contributed by atoms with Gasteiger partial charge >= 0.3 is 0 Å². The predicted molar refractivity (Wildman–Crippen MR) is 79.1 cm³/mol. The molecular formula is C13H11N3O2S2. The number of thioether (sulfide) groups is 1. The summed E-state index contributed by atoms with van der Waals surface area (Å²) in [5.41, 5.74) is 6.53. The van der Waals surface area contributed by atoms with E-state index in [0.717, 1.165) is 4.21 Å². The van der Waals surface area contributed by atoms with Crippen LogP contribution in [0.5, 0.6) is 0 Å². The van der Waals surface area contributed by atoms with Crippen LogP contribution in [0, 0.1) is 0 Å². The van der Waals surface area contributed by atoms with E-state index in [4.69, 9.17) is 5.73 Å². The molecule has 0 bridgehead atoms. The Morgan fingerprint density at radius 1 is 1.20 bits per heavy atom. The SMILES string of the molecule is Nc1ncc(SCCN2C(=O)c3ccccc3C2=O)s1. The van der Waals surface area contributed by atoms with Crippen molar-refractivity contribution in [3.63, 3.8) is 0 Å². The standard InChI is InChI=1S/C13H11N3O2S2/c14-13-15-7-10(20-13)19-6-5-16-11(17)8-3-1-2-4-9(8)12(16)18/h1-4,7H,5-6H2,(H2,14,15). The first-order valence-corrected chi connectivity index (χ1v) is 7.76. The molecule has 2 amide bonds. The first kappa shape index (κ1) is 13.1. The fraction of sp³-hybridized carbons (Fsp3) is 0.154. The number of anilines is 1. The molecule has 1 aromatic heterocycles. The van der Waals surface area contributed by atoms with Crippen molar-refractivity contribution in [1.29, 1.82) is 0 Å². The first-order valence-electron chi connectivity index (χ1n) is 5.96. The van der Waals surface area contributed by atoms with Gasteiger partial charge < -0.3 is 5.73 Å². The number of nitrogen functional groups attached to an aromatic ring is 1. The van der Waals surface area contributed by atoms with Gasteiger partial charge in [-0.05, 0) is 12.1 Å². The molecule has 0 atom stereocenters. The van der Waals surface area contributed by atoms with Gasteiger partial charge in [-0.2, -0.15) is 0 Å². The molecule has 0 fully saturated rings. The van der Waals surface area contributed by atoms with Gasteiger partial charge in [-0.1, -0.05) is 23.5 Å². The molecule has 0 saturated carbocycles. The highest BCUT2D eigenvalue weighted by Gasteiger charge is 2.34. The number of hydrogen-bond donors (Lipinski definition) is 1. The lowest BCUT2D eigenvalue weighted by molar-refractivity contribution is 0.0664. The van der Waals surface area contributed by atoms with Crippen LogP contribution in [0.15, 0.2) is 34.7 Å². The van der Waals surface area contributed by atoms with Crippen molar-refractivity contribution < 1.29 is 9.59 Å². The van der Waals surface area contributed by atoms with E-state index in [0.29, 0.717) is 28.6 Å². The van der Waals surface area contributed by atoms with Crippen molar-refractivity contribution in [1.82, 2.24) is 9.88 Å². The van der Waals surface area contributed by atoms with Crippen LogP contribution in [-0.4, -0.2) is 34.0 Å². The van der Waals surface area contributed by atoms with E-state index in [1.807, 2.05) is 0 Å². The molecule has 2 aromatic rings. The Labute approximate surface area is 123 Å². The van der Waals surface area contributed by atoms with Crippen LogP contribution in [0.3, 0.4) is 0 Å². The Kier molecular flexibility index (Phi) is 3.45. The monoisotopic (exact) mass is 305 g/mol. The van der Waals surface area contributed by atoms with Gasteiger partial charge in [0.2, 0.25) is 0 Å². The summed E-state index contributed by atoms with van der Waals surface area (Å²) < 4.78 is 0.985. The highest BCUT2D eigenvalue weighted by atomic mass is 32.2. The number of thiazole rings is 1. The third kappa shape index (κ3) is 2.30. The minimum absolute atomic E-state index is 0.213. The van der Waals surface area contributed by atoms with Gasteiger partial charge in [0.05, 0.1) is 21.5 Å². The van der Waals surface area contributed by atoms with E-state index < -0.39 is 0 Å². The number of fused-ring (bicyclic) bond motifs is 1. The van der Waals surface area contributed by atoms with Crippen molar-refractivity contribution >= 4 is 40.0 Å². The Balaban J connectivity index is 1.65. The van der Waals surface area contributed by atoms with E-state index in [2.05, 4.69) is 4.98 Å². The van der Waals surface area contributed by atoms with E-state index in [9.17, 15) is 9.59 Å². The van der Waals surface area contributed by atoms with Gasteiger partial charge in [0, 0.05) is 12.3 Å². The van der Waals surface area contributed by atoms with Crippen LogP contribution in [0.4, 0.5) is 5.13 Å². The average molecular weight is 305 g/mol. The van der Waals surface area contributed by atoms with Gasteiger partial charge in [0.15, 0.2) is 5.13 Å². The summed E-state index contributed by atoms with van der Waals surface area (Å²) in [6.45, 7) is 0.384. The number of carbonyl (C=O) groups is 2. The minimum atomic E-state index is -0.213. The van der Waals surface area contributed by atoms with Crippen LogP contribution in [-0.2, 0) is 0 Å². The van der Waals surface area contributed by atoms with E-state index in [1.165, 1.54) is 16.2 Å². The van der Waals surface area contributed by atoms with Crippen LogP contribution in [0.2, 0.25) is 0 Å². The van der Waals surface area contributed by atoms with Gasteiger partial charge in [0.1, 0.15) is 0 Å². The molecule has 0 spiro atoms. The Morgan fingerprint density at radius 2 is 1.85 bits per heavy atom. The largest absolute Gasteiger partial charge is 0.375 e. The topological polar surface area (TPSA) is 76.3 Å². The van der Waals surface area contributed by atoms with Crippen LogP contribution >= 0.6 is 23.1 Å². The summed E-state index contributed by atoms with van der Waals surface area (Å²) in [4.78, 5) is 29.5. The summed E-state index contributed by atoms with van der Waals surface area (Å²) >= 11 is 2.94. The number of nitrogens with two attached hydrogens (primary N) is 1. The third-order valence-electron chi connectivity index (χ3n) is 2.94. The van der Waals surface area contributed by atoms with Crippen LogP contribution in [0.1, 0.15) is 20.7 Å². The Hall–Kier alpha value is -1.86. The van der Waals surface area contributed by atoms with Crippen molar-refractivity contribution in [2.24, 2.45) is 0 Å². The van der Waals surface area contributed by atoms with Crippen LogP contribution < -0.4 is 5.73 Å². The molecule has 1 aliphatic heterocycles. The number of hydrogen-bond acceptors (Lipinski definition) is 6. The van der Waals surface area contributed by atoms with Crippen molar-refractivity contribution in [2.45, 2.75) is 4.21 Å². The molecule has 0 unspecified atom stereocenters. The normalized spacial score (nSPS) is 13.9. The van der Waals surface area contributed by atoms with Crippen molar-refractivity contribution in [2.75, 3.05) is 18.0 Å². The molecule has 1 aromatic carbocycles. The van der Waals surface area contributed by atoms with Crippen molar-refractivity contribution in [3.8, 4) is 0 Å². The molecule has 2 N–H and O–H groups in total. The summed E-state index contributed by atoms with van der Waals surface area (Å²) in [5, 5.41) is 0.522. The van der Waals surface area contributed by atoms with E-state index in [-0.39, 0.29) is 11.8 Å². The molecule has 5 nitrogen and oxygen atoms in total. The lowest BCUT2D eigenvalue weighted by Crippen LogP contribution is -2.31. The average Bonchev–Trinajstić information content (AvgIpc) is 2.97. The minimum Gasteiger partial charge on any atom is -0.375 e. The summed E-state index contributed by atoms with van der Waals surface area (Å²) in [6.07, 6.45) is 1.70. The molecule has 7 heteroatoms. The zero-order valence-electron chi connectivity index (χ0n) is 10.4. The van der Waals surface area contributed by atoms with Crippen LogP contribution in [0.25, 0.3) is 0 Å². The van der Waals surface area contributed by atoms with Gasteiger partial charge in [-0.15, -0.1) is 11.8 Å². The lowest BCUT2D eigenvalue weighted by atomic mass is 10.1. The molecule has 0 saturated heterocycles. The molecule has 1 aliphatic rings. The van der Waals surface area contributed by atoms with Gasteiger partial charge in [-0.25, -0.2) is 4.98 Å². The maximum atomic E-state index is 12.1. The number of imide groups is 1. The molecule has 2 heterocycles. The first-order chi connectivity index (χ1) is 9.66. The van der Waals surface area contributed by atoms with E-state index >= 15 is 0 Å². The lowest BCUT2D eigenvalue weighted by Gasteiger charge is -2.12. The third-order valence-corrected chi connectivity index (χ3v) is 4.94. The zero-order valence-corrected chi connectivity index (χ0v) is 12.0. The number of amides is 2. The van der Waals surface area contributed by atoms with Gasteiger partial charge in [-0.3, -0.25) is 14.5 Å². The second-order valence-corrected chi connectivity index (χ2v) is 6.63. The molecule has 20 heavy (non-hydrogen) atoms. The maximum absolute atomic E-state index is 12.1. The number of benzene rings is 1. The predicted octanol–water partition coefficient (Wildman–Crippen LogP) is 2.11. The molecule has 0 aliphatic carbocycles. The molecular weight excluding hydrogens is 294 g/mol. The highest BCUT2D eigenvalue weighted by Crippen LogP contribution is 2.27. The number of aromatic nitrogens is 1. The fourth-order valence-corrected chi connectivity index (χ4v) is 3.78. The molecule has 3 rings (SSSR count). The number of carbonyl (C=O) groups excluding carboxylic acids is 2. The molecule has 0 radical (unpaired) electrons.